The molecule has 24 heavy (non-hydrogen) atoms. The molecule has 134 valence electrons. The molecule has 0 bridgehead atoms. The topological polar surface area (TPSA) is 98.7 Å². The first-order chi connectivity index (χ1) is 11.5. The van der Waals surface area contributed by atoms with Crippen LogP contribution in [0.2, 0.25) is 0 Å². The highest BCUT2D eigenvalue weighted by atomic mass is 16.4. The summed E-state index contributed by atoms with van der Waals surface area (Å²) in [6.07, 6.45) is 2.04. The van der Waals surface area contributed by atoms with Gasteiger partial charge in [-0.25, -0.2) is 4.79 Å². The predicted molar refractivity (Wildman–Crippen MR) is 94.0 cm³/mol. The van der Waals surface area contributed by atoms with Crippen molar-refractivity contribution in [2.24, 2.45) is 5.92 Å². The normalized spacial score (nSPS) is 12.0. The zero-order chi connectivity index (χ0) is 17.9. The Bertz CT molecular complexity index is 528. The highest BCUT2D eigenvalue weighted by Gasteiger charge is 2.17. The summed E-state index contributed by atoms with van der Waals surface area (Å²) in [7, 11) is 0. The number of carbonyl (C=O) groups is 2. The van der Waals surface area contributed by atoms with Gasteiger partial charge in [-0.05, 0) is 37.0 Å². The smallest absolute Gasteiger partial charge is 0.404 e. The Morgan fingerprint density at radius 2 is 1.79 bits per heavy atom. The van der Waals surface area contributed by atoms with E-state index in [2.05, 4.69) is 24.5 Å². The van der Waals surface area contributed by atoms with Crippen LogP contribution in [0.25, 0.3) is 0 Å². The summed E-state index contributed by atoms with van der Waals surface area (Å²) in [5, 5.41) is 23.8. The van der Waals surface area contributed by atoms with Gasteiger partial charge in [-0.1, -0.05) is 38.8 Å². The zero-order valence-corrected chi connectivity index (χ0v) is 14.4. The van der Waals surface area contributed by atoms with Gasteiger partial charge in [0.2, 0.25) is 5.91 Å². The quantitative estimate of drug-likeness (QED) is 0.525. The third kappa shape index (κ3) is 7.00. The third-order valence-corrected chi connectivity index (χ3v) is 3.88. The van der Waals surface area contributed by atoms with E-state index in [1.54, 1.807) is 24.3 Å². The summed E-state index contributed by atoms with van der Waals surface area (Å²) in [5.41, 5.74) is 1.31. The van der Waals surface area contributed by atoms with Gasteiger partial charge in [0.25, 0.3) is 0 Å². The highest BCUT2D eigenvalue weighted by Crippen LogP contribution is 2.22. The molecule has 0 aliphatic carbocycles. The van der Waals surface area contributed by atoms with E-state index in [4.69, 9.17) is 5.11 Å². The van der Waals surface area contributed by atoms with Crippen molar-refractivity contribution in [3.8, 4) is 0 Å². The van der Waals surface area contributed by atoms with Crippen LogP contribution in [0.1, 0.15) is 57.6 Å². The lowest BCUT2D eigenvalue weighted by atomic mass is 9.97. The Morgan fingerprint density at radius 1 is 1.12 bits per heavy atom. The molecule has 1 aromatic carbocycles. The fourth-order valence-electron chi connectivity index (χ4n) is 2.65. The number of hydrogen-bond donors (Lipinski definition) is 4. The van der Waals surface area contributed by atoms with Crippen molar-refractivity contribution in [3.63, 3.8) is 0 Å². The first kappa shape index (κ1) is 20.0. The number of carbonyl (C=O) groups excluding carboxylic acids is 1. The molecule has 0 aliphatic heterocycles. The van der Waals surface area contributed by atoms with E-state index in [0.29, 0.717) is 11.3 Å². The summed E-state index contributed by atoms with van der Waals surface area (Å²) >= 11 is 0. The van der Waals surface area contributed by atoms with E-state index < -0.39 is 12.2 Å². The lowest BCUT2D eigenvalue weighted by Gasteiger charge is -2.17. The van der Waals surface area contributed by atoms with Crippen molar-refractivity contribution in [1.29, 1.82) is 0 Å². The molecule has 0 saturated heterocycles. The highest BCUT2D eigenvalue weighted by molar-refractivity contribution is 5.92. The van der Waals surface area contributed by atoms with E-state index >= 15 is 0 Å². The van der Waals surface area contributed by atoms with E-state index in [0.717, 1.165) is 25.7 Å². The Kier molecular flexibility index (Phi) is 8.86. The molecule has 0 saturated carbocycles. The van der Waals surface area contributed by atoms with Crippen LogP contribution in [0.3, 0.4) is 0 Å². The molecular weight excluding hydrogens is 308 g/mol. The van der Waals surface area contributed by atoms with Crippen LogP contribution in [0, 0.1) is 5.92 Å². The van der Waals surface area contributed by atoms with Gasteiger partial charge in [0.15, 0.2) is 0 Å². The molecule has 1 atom stereocenters. The number of aliphatic hydroxyl groups is 1. The zero-order valence-electron chi connectivity index (χ0n) is 14.4. The Labute approximate surface area is 143 Å². The van der Waals surface area contributed by atoms with Crippen LogP contribution in [0.15, 0.2) is 24.3 Å². The van der Waals surface area contributed by atoms with Crippen LogP contribution in [0.5, 0.6) is 0 Å². The van der Waals surface area contributed by atoms with Gasteiger partial charge in [-0.15, -0.1) is 0 Å². The van der Waals surface area contributed by atoms with Gasteiger partial charge in [0.05, 0.1) is 6.10 Å². The minimum absolute atomic E-state index is 0.00773. The molecule has 4 N–H and O–H groups in total. The maximum absolute atomic E-state index is 12.4. The second kappa shape index (κ2) is 10.6. The van der Waals surface area contributed by atoms with Gasteiger partial charge in [-0.3, -0.25) is 4.79 Å². The fourth-order valence-corrected chi connectivity index (χ4v) is 2.65. The number of carboxylic acid groups (broad SMARTS) is 1. The van der Waals surface area contributed by atoms with Crippen molar-refractivity contribution in [2.75, 3.05) is 11.9 Å². The van der Waals surface area contributed by atoms with Crippen LogP contribution < -0.4 is 10.6 Å². The molecule has 6 heteroatoms. The summed E-state index contributed by atoms with van der Waals surface area (Å²) in [4.78, 5) is 22.8. The molecule has 0 heterocycles. The lowest BCUT2D eigenvalue weighted by molar-refractivity contribution is -0.120. The van der Waals surface area contributed by atoms with E-state index in [-0.39, 0.29) is 24.8 Å². The standard InChI is InChI=1S/C18H28N2O4/c1-3-6-13(7-4-2)17(22)20-15-9-5-8-14(12-15)16(21)10-11-19-18(23)24/h5,8-9,12-13,16,19,21H,3-4,6-7,10-11H2,1-2H3,(H,20,22)(H,23,24). The third-order valence-electron chi connectivity index (χ3n) is 3.88. The number of nitrogens with one attached hydrogen (secondary N) is 2. The monoisotopic (exact) mass is 336 g/mol. The molecule has 0 spiro atoms. The molecular formula is C18H28N2O4. The molecule has 1 rings (SSSR count). The number of aliphatic hydroxyl groups excluding tert-OH is 1. The van der Waals surface area contributed by atoms with Crippen molar-refractivity contribution < 1.29 is 19.8 Å². The molecule has 2 amide bonds. The van der Waals surface area contributed by atoms with Crippen molar-refractivity contribution in [2.45, 2.75) is 52.1 Å². The first-order valence-electron chi connectivity index (χ1n) is 8.53. The number of rotatable bonds is 10. The maximum Gasteiger partial charge on any atom is 0.404 e. The Hall–Kier alpha value is -2.08. The summed E-state index contributed by atoms with van der Waals surface area (Å²) in [6.45, 7) is 4.30. The fraction of sp³-hybridized carbons (Fsp3) is 0.556. The van der Waals surface area contributed by atoms with Crippen molar-refractivity contribution >= 4 is 17.7 Å². The van der Waals surface area contributed by atoms with Crippen molar-refractivity contribution in [3.05, 3.63) is 29.8 Å². The molecule has 1 unspecified atom stereocenters. The van der Waals surface area contributed by atoms with Gasteiger partial charge >= 0.3 is 6.09 Å². The number of benzene rings is 1. The largest absolute Gasteiger partial charge is 0.465 e. The predicted octanol–water partition coefficient (Wildman–Crippen LogP) is 3.53. The van der Waals surface area contributed by atoms with E-state index in [1.165, 1.54) is 0 Å². The second-order valence-corrected chi connectivity index (χ2v) is 5.93. The SMILES string of the molecule is CCCC(CCC)C(=O)Nc1cccc(C(O)CCNC(=O)O)c1. The Morgan fingerprint density at radius 3 is 2.38 bits per heavy atom. The average molecular weight is 336 g/mol. The van der Waals surface area contributed by atoms with Crippen molar-refractivity contribution in [1.82, 2.24) is 5.32 Å². The number of anilines is 1. The molecule has 0 fully saturated rings. The van der Waals surface area contributed by atoms with Gasteiger partial charge in [0.1, 0.15) is 0 Å². The second-order valence-electron chi connectivity index (χ2n) is 5.93. The van der Waals surface area contributed by atoms with E-state index in [1.807, 2.05) is 0 Å². The molecule has 0 radical (unpaired) electrons. The van der Waals surface area contributed by atoms with Crippen LogP contribution in [-0.4, -0.2) is 28.8 Å². The molecule has 6 nitrogen and oxygen atoms in total. The number of hydrogen-bond acceptors (Lipinski definition) is 3. The van der Waals surface area contributed by atoms with E-state index in [9.17, 15) is 14.7 Å². The average Bonchev–Trinajstić information content (AvgIpc) is 2.54. The van der Waals surface area contributed by atoms with Gasteiger partial charge < -0.3 is 20.8 Å². The minimum Gasteiger partial charge on any atom is -0.465 e. The first-order valence-corrected chi connectivity index (χ1v) is 8.53. The molecule has 0 aromatic heterocycles. The van der Waals surface area contributed by atoms with Crippen LogP contribution in [0.4, 0.5) is 10.5 Å². The summed E-state index contributed by atoms with van der Waals surface area (Å²) in [6, 6.07) is 7.06. The summed E-state index contributed by atoms with van der Waals surface area (Å²) < 4.78 is 0. The maximum atomic E-state index is 12.4. The minimum atomic E-state index is -1.11. The summed E-state index contributed by atoms with van der Waals surface area (Å²) in [5.74, 6) is 0.0197. The van der Waals surface area contributed by atoms with Gasteiger partial charge in [0, 0.05) is 18.2 Å². The van der Waals surface area contributed by atoms with Crippen LogP contribution in [-0.2, 0) is 4.79 Å². The lowest BCUT2D eigenvalue weighted by Crippen LogP contribution is -2.23. The van der Waals surface area contributed by atoms with Gasteiger partial charge in [-0.2, -0.15) is 0 Å². The Balaban J connectivity index is 2.66. The van der Waals surface area contributed by atoms with Crippen LogP contribution >= 0.6 is 0 Å². The number of amides is 2. The molecule has 0 aliphatic rings. The molecule has 1 aromatic rings.